The number of nitrogens with two attached hydrogens (primary N) is 1. The first-order valence-electron chi connectivity index (χ1n) is 13.1. The van der Waals surface area contributed by atoms with E-state index in [1.807, 2.05) is 30.3 Å². The summed E-state index contributed by atoms with van der Waals surface area (Å²) in [5.41, 5.74) is 10.7. The lowest BCUT2D eigenvalue weighted by atomic mass is 9.97. The van der Waals surface area contributed by atoms with Crippen molar-refractivity contribution in [1.29, 1.82) is 5.41 Å². The molecule has 0 spiro atoms. The van der Waals surface area contributed by atoms with Gasteiger partial charge in [0.15, 0.2) is 0 Å². The SMILES string of the molecule is CCC(C)c1ccc(C(=N)N(CCC(F)(F)F)C(=O)NC/C(N)=C2\CCSCC2=NCc2ccccc2Cl)cc1. The summed E-state index contributed by atoms with van der Waals surface area (Å²) in [6, 6.07) is 13.6. The Morgan fingerprint density at radius 1 is 1.23 bits per heavy atom. The molecular formula is C29H35ClF3N5OS. The first-order valence-corrected chi connectivity index (χ1v) is 14.7. The number of allylic oxidation sites excluding steroid dienone is 1. The molecule has 0 radical (unpaired) electrons. The van der Waals surface area contributed by atoms with Crippen LogP contribution in [0.15, 0.2) is 64.8 Å². The molecule has 2 aromatic carbocycles. The lowest BCUT2D eigenvalue weighted by Gasteiger charge is -2.25. The molecule has 0 aromatic heterocycles. The van der Waals surface area contributed by atoms with Gasteiger partial charge in [-0.3, -0.25) is 15.3 Å². The van der Waals surface area contributed by atoms with Crippen LogP contribution >= 0.6 is 23.4 Å². The molecule has 3 rings (SSSR count). The number of halogens is 4. The minimum absolute atomic E-state index is 0.0767. The maximum absolute atomic E-state index is 13.1. The first-order chi connectivity index (χ1) is 19.0. The summed E-state index contributed by atoms with van der Waals surface area (Å²) >= 11 is 7.98. The molecule has 1 unspecified atom stereocenters. The van der Waals surface area contributed by atoms with Gasteiger partial charge < -0.3 is 11.1 Å². The summed E-state index contributed by atoms with van der Waals surface area (Å²) in [6.07, 6.45) is -4.13. The molecule has 1 aliphatic heterocycles. The lowest BCUT2D eigenvalue weighted by molar-refractivity contribution is -0.135. The number of rotatable bonds is 9. The summed E-state index contributed by atoms with van der Waals surface area (Å²) in [4.78, 5) is 18.6. The van der Waals surface area contributed by atoms with E-state index in [9.17, 15) is 18.0 Å². The van der Waals surface area contributed by atoms with Gasteiger partial charge in [-0.05, 0) is 47.3 Å². The molecule has 1 heterocycles. The lowest BCUT2D eigenvalue weighted by Crippen LogP contribution is -2.46. The average Bonchev–Trinajstić information content (AvgIpc) is 2.94. The molecular weight excluding hydrogens is 559 g/mol. The number of hydrogen-bond donors (Lipinski definition) is 3. The molecule has 0 saturated carbocycles. The molecule has 2 amide bonds. The van der Waals surface area contributed by atoms with Gasteiger partial charge in [0.1, 0.15) is 5.84 Å². The van der Waals surface area contributed by atoms with E-state index < -0.39 is 25.2 Å². The molecule has 0 aliphatic carbocycles. The first kappa shape index (κ1) is 31.5. The second-order valence-electron chi connectivity index (χ2n) is 9.62. The fourth-order valence-electron chi connectivity index (χ4n) is 4.16. The van der Waals surface area contributed by atoms with E-state index in [4.69, 9.17) is 27.7 Å². The smallest absolute Gasteiger partial charge is 0.390 e. The van der Waals surface area contributed by atoms with Crippen molar-refractivity contribution in [3.8, 4) is 0 Å². The maximum atomic E-state index is 13.1. The Balaban J connectivity index is 1.75. The Labute approximate surface area is 242 Å². The quantitative estimate of drug-likeness (QED) is 0.213. The van der Waals surface area contributed by atoms with Gasteiger partial charge in [0, 0.05) is 28.6 Å². The van der Waals surface area contributed by atoms with E-state index in [1.165, 1.54) is 0 Å². The second kappa shape index (κ2) is 14.6. The molecule has 1 saturated heterocycles. The van der Waals surface area contributed by atoms with Gasteiger partial charge in [-0.1, -0.05) is 67.9 Å². The van der Waals surface area contributed by atoms with Crippen LogP contribution in [0, 0.1) is 5.41 Å². The number of carbonyl (C=O) groups is 1. The zero-order valence-corrected chi connectivity index (χ0v) is 24.2. The number of alkyl halides is 3. The number of nitrogens with zero attached hydrogens (tertiary/aromatic N) is 2. The minimum atomic E-state index is -4.48. The number of hydrogen-bond acceptors (Lipinski definition) is 5. The predicted octanol–water partition coefficient (Wildman–Crippen LogP) is 7.13. The Bertz CT molecular complexity index is 1250. The van der Waals surface area contributed by atoms with E-state index in [0.29, 0.717) is 40.9 Å². The van der Waals surface area contributed by atoms with Crippen LogP contribution in [0.3, 0.4) is 0 Å². The van der Waals surface area contributed by atoms with Crippen LogP contribution in [-0.4, -0.2) is 53.2 Å². The highest BCUT2D eigenvalue weighted by atomic mass is 35.5. The van der Waals surface area contributed by atoms with Gasteiger partial charge >= 0.3 is 12.2 Å². The van der Waals surface area contributed by atoms with Gasteiger partial charge in [0.2, 0.25) is 0 Å². The Kier molecular flexibility index (Phi) is 11.5. The van der Waals surface area contributed by atoms with E-state index in [2.05, 4.69) is 19.2 Å². The molecule has 40 heavy (non-hydrogen) atoms. The van der Waals surface area contributed by atoms with Crippen LogP contribution in [0.5, 0.6) is 0 Å². The fourth-order valence-corrected chi connectivity index (χ4v) is 5.30. The van der Waals surface area contributed by atoms with Gasteiger partial charge in [0.25, 0.3) is 0 Å². The van der Waals surface area contributed by atoms with Gasteiger partial charge in [-0.15, -0.1) is 0 Å². The van der Waals surface area contributed by atoms with Crippen LogP contribution in [0.1, 0.15) is 55.7 Å². The van der Waals surface area contributed by atoms with Crippen LogP contribution in [0.25, 0.3) is 0 Å². The monoisotopic (exact) mass is 593 g/mol. The number of amides is 2. The van der Waals surface area contributed by atoms with Crippen molar-refractivity contribution >= 4 is 40.9 Å². The summed E-state index contributed by atoms with van der Waals surface area (Å²) < 4.78 is 39.2. The number of thioether (sulfide) groups is 1. The van der Waals surface area contributed by atoms with Crippen molar-refractivity contribution in [1.82, 2.24) is 10.2 Å². The number of benzene rings is 2. The van der Waals surface area contributed by atoms with E-state index in [1.54, 1.807) is 30.0 Å². The predicted molar refractivity (Wildman–Crippen MR) is 158 cm³/mol. The zero-order chi connectivity index (χ0) is 29.3. The third kappa shape index (κ3) is 9.02. The van der Waals surface area contributed by atoms with Crippen molar-refractivity contribution in [3.63, 3.8) is 0 Å². The molecule has 1 fully saturated rings. The Morgan fingerprint density at radius 2 is 1.93 bits per heavy atom. The van der Waals surface area contributed by atoms with Gasteiger partial charge in [-0.2, -0.15) is 24.9 Å². The van der Waals surface area contributed by atoms with Crippen molar-refractivity contribution in [2.75, 3.05) is 24.6 Å². The molecule has 6 nitrogen and oxygen atoms in total. The van der Waals surface area contributed by atoms with E-state index >= 15 is 0 Å². The minimum Gasteiger partial charge on any atom is -0.400 e. The molecule has 216 valence electrons. The zero-order valence-electron chi connectivity index (χ0n) is 22.7. The van der Waals surface area contributed by atoms with E-state index in [0.717, 1.165) is 39.5 Å². The summed E-state index contributed by atoms with van der Waals surface area (Å²) in [7, 11) is 0. The van der Waals surface area contributed by atoms with Crippen LogP contribution in [0.2, 0.25) is 5.02 Å². The average molecular weight is 594 g/mol. The maximum Gasteiger partial charge on any atom is 0.390 e. The normalized spacial score (nSPS) is 16.9. The van der Waals surface area contributed by atoms with E-state index in [-0.39, 0.29) is 12.4 Å². The highest BCUT2D eigenvalue weighted by Gasteiger charge is 2.31. The summed E-state index contributed by atoms with van der Waals surface area (Å²) in [5, 5.41) is 11.8. The second-order valence-corrected chi connectivity index (χ2v) is 11.1. The summed E-state index contributed by atoms with van der Waals surface area (Å²) in [5.74, 6) is 1.49. The van der Waals surface area contributed by atoms with Crippen LogP contribution < -0.4 is 11.1 Å². The van der Waals surface area contributed by atoms with Crippen molar-refractivity contribution < 1.29 is 18.0 Å². The molecule has 1 atom stereocenters. The van der Waals surface area contributed by atoms with Crippen molar-refractivity contribution in [2.24, 2.45) is 10.7 Å². The number of carbonyl (C=O) groups excluding carboxylic acids is 1. The Morgan fingerprint density at radius 3 is 2.58 bits per heavy atom. The fraction of sp³-hybridized carbons (Fsp3) is 0.414. The Hall–Kier alpha value is -2.98. The molecule has 11 heteroatoms. The van der Waals surface area contributed by atoms with Crippen molar-refractivity contribution in [2.45, 2.75) is 51.7 Å². The summed E-state index contributed by atoms with van der Waals surface area (Å²) in [6.45, 7) is 3.76. The number of nitrogens with one attached hydrogen (secondary N) is 2. The van der Waals surface area contributed by atoms with Crippen molar-refractivity contribution in [3.05, 3.63) is 81.5 Å². The largest absolute Gasteiger partial charge is 0.400 e. The highest BCUT2D eigenvalue weighted by Crippen LogP contribution is 2.25. The molecule has 2 aromatic rings. The number of aliphatic imine (C=N–C) groups is 1. The highest BCUT2D eigenvalue weighted by molar-refractivity contribution is 8.00. The number of urea groups is 1. The topological polar surface area (TPSA) is 94.6 Å². The van der Waals surface area contributed by atoms with Gasteiger partial charge in [-0.25, -0.2) is 4.79 Å². The third-order valence-electron chi connectivity index (χ3n) is 6.80. The number of amidine groups is 1. The van der Waals surface area contributed by atoms with Gasteiger partial charge in [0.05, 0.1) is 25.2 Å². The standard InChI is InChI=1S/C29H35ClF3N5OS/c1-3-19(2)20-8-10-21(11-9-20)27(35)38(14-13-29(31,32)33)28(39)37-17-25(34)23-12-15-40-18-26(23)36-16-22-6-4-5-7-24(22)30/h4-11,19,35H,3,12-18,34H2,1-2H3,(H,37,39)/b25-23-,35-27?,36-26?. The molecule has 0 bridgehead atoms. The van der Waals surface area contributed by atoms with Crippen LogP contribution in [-0.2, 0) is 6.54 Å². The van der Waals surface area contributed by atoms with Crippen LogP contribution in [0.4, 0.5) is 18.0 Å². The third-order valence-corrected chi connectivity index (χ3v) is 8.14. The molecule has 4 N–H and O–H groups in total. The molecule has 1 aliphatic rings.